The number of hydrogen-bond acceptors (Lipinski definition) is 6. The molecule has 1 aromatic heterocycles. The molecule has 0 bridgehead atoms. The van der Waals surface area contributed by atoms with Crippen LogP contribution in [0.4, 0.5) is 14.6 Å². The number of nitrogens with one attached hydrogen (secondary N) is 2. The summed E-state index contributed by atoms with van der Waals surface area (Å²) in [6.07, 6.45) is 3.49. The summed E-state index contributed by atoms with van der Waals surface area (Å²) < 4.78 is 32.7. The number of fused-ring (bicyclic) bond motifs is 1. The predicted molar refractivity (Wildman–Crippen MR) is 151 cm³/mol. The van der Waals surface area contributed by atoms with Crippen LogP contribution in [0.15, 0.2) is 36.4 Å². The van der Waals surface area contributed by atoms with E-state index in [1.54, 1.807) is 13.8 Å². The maximum absolute atomic E-state index is 14.5. The van der Waals surface area contributed by atoms with Crippen LogP contribution in [0.3, 0.4) is 0 Å². The Morgan fingerprint density at radius 3 is 2.62 bits per heavy atom. The number of carboxylic acids is 1. The maximum atomic E-state index is 14.5. The van der Waals surface area contributed by atoms with Crippen LogP contribution in [0.2, 0.25) is 0 Å². The number of hydrogen-bond donors (Lipinski definition) is 3. The number of benzene rings is 1. The second kappa shape index (κ2) is 15.0. The molecule has 0 saturated heterocycles. The SMILES string of the molecule is COC[C@@H](F)CN(CCCCc1ccc2c(n1)NCCC2)CC[C@H](NC(=O)C(C)(C)c1ccc(F)cc1)C(=O)O. The van der Waals surface area contributed by atoms with Crippen molar-refractivity contribution in [3.63, 3.8) is 0 Å². The van der Waals surface area contributed by atoms with Crippen molar-refractivity contribution < 1.29 is 28.2 Å². The zero-order chi connectivity index (χ0) is 29.1. The van der Waals surface area contributed by atoms with Crippen LogP contribution < -0.4 is 10.6 Å². The number of methoxy groups -OCH3 is 1. The number of ether oxygens (including phenoxy) is 1. The summed E-state index contributed by atoms with van der Waals surface area (Å²) in [4.78, 5) is 31.7. The Bertz CT molecular complexity index is 1110. The summed E-state index contributed by atoms with van der Waals surface area (Å²) in [6, 6.07) is 8.60. The summed E-state index contributed by atoms with van der Waals surface area (Å²) in [5, 5.41) is 15.8. The number of anilines is 1. The van der Waals surface area contributed by atoms with E-state index < -0.39 is 35.3 Å². The van der Waals surface area contributed by atoms with Crippen molar-refractivity contribution in [1.29, 1.82) is 0 Å². The number of carbonyl (C=O) groups excluding carboxylic acids is 1. The third-order valence-electron chi connectivity index (χ3n) is 7.38. The minimum absolute atomic E-state index is 0.0481. The largest absolute Gasteiger partial charge is 0.480 e. The molecule has 3 rings (SSSR count). The standard InChI is InChI=1S/C30H42F2N4O4/c1-30(2,22-10-12-23(31)13-11-22)29(39)35-26(28(37)38)15-18-36(19-24(32)20-40-3)17-5-4-8-25-14-9-21-7-6-16-33-27(21)34-25/h9-14,24,26H,4-8,15-20H2,1-3H3,(H,33,34)(H,35,39)(H,37,38)/t24-,26-/m0/s1. The molecule has 1 aromatic carbocycles. The minimum atomic E-state index is -1.21. The average molecular weight is 561 g/mol. The van der Waals surface area contributed by atoms with Crippen molar-refractivity contribution in [2.24, 2.45) is 0 Å². The molecular formula is C30H42F2N4O4. The molecular weight excluding hydrogens is 518 g/mol. The van der Waals surface area contributed by atoms with Gasteiger partial charge in [0.25, 0.3) is 0 Å². The van der Waals surface area contributed by atoms with Gasteiger partial charge in [0.05, 0.1) is 12.0 Å². The molecule has 2 atom stereocenters. The van der Waals surface area contributed by atoms with Crippen LogP contribution >= 0.6 is 0 Å². The second-order valence-electron chi connectivity index (χ2n) is 10.9. The Balaban J connectivity index is 1.55. The molecule has 2 aromatic rings. The third-order valence-corrected chi connectivity index (χ3v) is 7.38. The van der Waals surface area contributed by atoms with Gasteiger partial charge in [0.1, 0.15) is 23.8 Å². The molecule has 1 aliphatic rings. The summed E-state index contributed by atoms with van der Waals surface area (Å²) in [5.74, 6) is -1.09. The van der Waals surface area contributed by atoms with Gasteiger partial charge in [0.15, 0.2) is 0 Å². The van der Waals surface area contributed by atoms with Crippen LogP contribution in [0.25, 0.3) is 0 Å². The number of unbranched alkanes of at least 4 members (excludes halogenated alkanes) is 1. The van der Waals surface area contributed by atoms with Gasteiger partial charge in [0.2, 0.25) is 5.91 Å². The van der Waals surface area contributed by atoms with Crippen molar-refractivity contribution in [1.82, 2.24) is 15.2 Å². The molecule has 10 heteroatoms. The molecule has 1 amide bonds. The van der Waals surface area contributed by atoms with E-state index in [0.29, 0.717) is 18.7 Å². The van der Waals surface area contributed by atoms with Gasteiger partial charge in [-0.15, -0.1) is 0 Å². The number of alkyl halides is 1. The van der Waals surface area contributed by atoms with Crippen LogP contribution in [0.5, 0.6) is 0 Å². The molecule has 1 aliphatic heterocycles. The highest BCUT2D eigenvalue weighted by molar-refractivity contribution is 5.90. The van der Waals surface area contributed by atoms with Crippen LogP contribution in [-0.2, 0) is 32.6 Å². The first kappa shape index (κ1) is 31.4. The van der Waals surface area contributed by atoms with Crippen LogP contribution in [0, 0.1) is 5.82 Å². The molecule has 3 N–H and O–H groups in total. The monoisotopic (exact) mass is 560 g/mol. The normalized spacial score (nSPS) is 14.8. The van der Waals surface area contributed by atoms with E-state index in [9.17, 15) is 23.5 Å². The molecule has 0 unspecified atom stereocenters. The first-order valence-corrected chi connectivity index (χ1v) is 14.0. The molecule has 0 aliphatic carbocycles. The molecule has 0 radical (unpaired) electrons. The van der Waals surface area contributed by atoms with Gasteiger partial charge in [-0.25, -0.2) is 18.6 Å². The van der Waals surface area contributed by atoms with Gasteiger partial charge in [0, 0.05) is 32.4 Å². The van der Waals surface area contributed by atoms with E-state index in [4.69, 9.17) is 9.72 Å². The van der Waals surface area contributed by atoms with Gasteiger partial charge in [-0.1, -0.05) is 18.2 Å². The summed E-state index contributed by atoms with van der Waals surface area (Å²) >= 11 is 0. The van der Waals surface area contributed by atoms with E-state index >= 15 is 0 Å². The number of carbonyl (C=O) groups is 2. The van der Waals surface area contributed by atoms with E-state index in [2.05, 4.69) is 22.8 Å². The number of nitrogens with zero attached hydrogens (tertiary/aromatic N) is 2. The number of carboxylic acid groups (broad SMARTS) is 1. The lowest BCUT2D eigenvalue weighted by Gasteiger charge is -2.28. The average Bonchev–Trinajstić information content (AvgIpc) is 2.93. The van der Waals surface area contributed by atoms with E-state index in [1.165, 1.54) is 36.9 Å². The quantitative estimate of drug-likeness (QED) is 0.265. The smallest absolute Gasteiger partial charge is 0.326 e. The van der Waals surface area contributed by atoms with Crippen molar-refractivity contribution in [2.45, 2.75) is 70.0 Å². The Morgan fingerprint density at radius 1 is 1.18 bits per heavy atom. The van der Waals surface area contributed by atoms with Crippen LogP contribution in [0.1, 0.15) is 56.4 Å². The number of aliphatic carboxylic acids is 1. The molecule has 220 valence electrons. The van der Waals surface area contributed by atoms with E-state index in [0.717, 1.165) is 50.2 Å². The van der Waals surface area contributed by atoms with Crippen molar-refractivity contribution in [2.75, 3.05) is 45.2 Å². The number of amides is 1. The lowest BCUT2D eigenvalue weighted by Crippen LogP contribution is -2.49. The van der Waals surface area contributed by atoms with Gasteiger partial charge in [-0.3, -0.25) is 4.79 Å². The number of aromatic nitrogens is 1. The van der Waals surface area contributed by atoms with Gasteiger partial charge >= 0.3 is 5.97 Å². The highest BCUT2D eigenvalue weighted by Gasteiger charge is 2.33. The molecule has 0 saturated carbocycles. The first-order chi connectivity index (χ1) is 19.1. The van der Waals surface area contributed by atoms with Gasteiger partial charge < -0.3 is 25.4 Å². The highest BCUT2D eigenvalue weighted by atomic mass is 19.1. The number of pyridine rings is 1. The molecule has 2 heterocycles. The Hall–Kier alpha value is -3.11. The minimum Gasteiger partial charge on any atom is -0.480 e. The fourth-order valence-electron chi connectivity index (χ4n) is 4.86. The predicted octanol–water partition coefficient (Wildman–Crippen LogP) is 4.13. The maximum Gasteiger partial charge on any atom is 0.326 e. The summed E-state index contributed by atoms with van der Waals surface area (Å²) in [7, 11) is 1.44. The molecule has 8 nitrogen and oxygen atoms in total. The number of rotatable bonds is 16. The highest BCUT2D eigenvalue weighted by Crippen LogP contribution is 2.24. The number of aryl methyl sites for hydroxylation is 2. The zero-order valence-electron chi connectivity index (χ0n) is 23.7. The van der Waals surface area contributed by atoms with Crippen molar-refractivity contribution >= 4 is 17.7 Å². The molecule has 0 fully saturated rings. The van der Waals surface area contributed by atoms with Crippen molar-refractivity contribution in [3.05, 3.63) is 59.0 Å². The lowest BCUT2D eigenvalue weighted by molar-refractivity contribution is -0.142. The van der Waals surface area contributed by atoms with E-state index in [1.807, 2.05) is 4.90 Å². The van der Waals surface area contributed by atoms with Gasteiger partial charge in [-0.2, -0.15) is 0 Å². The Labute approximate surface area is 235 Å². The Morgan fingerprint density at radius 2 is 1.93 bits per heavy atom. The fourth-order valence-corrected chi connectivity index (χ4v) is 4.86. The van der Waals surface area contributed by atoms with E-state index in [-0.39, 0.29) is 19.6 Å². The second-order valence-corrected chi connectivity index (χ2v) is 10.9. The lowest BCUT2D eigenvalue weighted by atomic mass is 9.83. The summed E-state index contributed by atoms with van der Waals surface area (Å²) in [5.41, 5.74) is 1.76. The summed E-state index contributed by atoms with van der Waals surface area (Å²) in [6.45, 7) is 5.18. The Kier molecular flexibility index (Phi) is 11.8. The first-order valence-electron chi connectivity index (χ1n) is 14.0. The van der Waals surface area contributed by atoms with Gasteiger partial charge in [-0.05, 0) is 88.2 Å². The van der Waals surface area contributed by atoms with Crippen LogP contribution in [-0.4, -0.2) is 79.0 Å². The third kappa shape index (κ3) is 9.23. The van der Waals surface area contributed by atoms with Crippen molar-refractivity contribution in [3.8, 4) is 0 Å². The zero-order valence-corrected chi connectivity index (χ0v) is 23.7. The topological polar surface area (TPSA) is 104 Å². The fraction of sp³-hybridized carbons (Fsp3) is 0.567. The number of halogens is 2. The molecule has 40 heavy (non-hydrogen) atoms. The molecule has 0 spiro atoms.